The minimum Gasteiger partial charge on any atom is -0.348 e. The van der Waals surface area contributed by atoms with Crippen LogP contribution in [0.1, 0.15) is 32.4 Å². The molecule has 1 aromatic heterocycles. The second-order valence-electron chi connectivity index (χ2n) is 3.77. The van der Waals surface area contributed by atoms with Gasteiger partial charge in [0.1, 0.15) is 0 Å². The standard InChI is InChI=1S/C11H18ClN3/c1-4-11(5-2,8-12)15-10-13-7-6-9(3)14-10/h6-7H,4-5,8H2,1-3H3,(H,13,14,15). The lowest BCUT2D eigenvalue weighted by atomic mass is 9.95. The molecule has 1 N–H and O–H groups in total. The summed E-state index contributed by atoms with van der Waals surface area (Å²) in [6.45, 7) is 6.19. The molecule has 0 saturated heterocycles. The number of hydrogen-bond acceptors (Lipinski definition) is 3. The molecule has 1 aromatic rings. The van der Waals surface area contributed by atoms with Crippen LogP contribution in [0.3, 0.4) is 0 Å². The molecule has 4 heteroatoms. The second kappa shape index (κ2) is 5.31. The van der Waals surface area contributed by atoms with Crippen LogP contribution in [-0.4, -0.2) is 21.4 Å². The van der Waals surface area contributed by atoms with Gasteiger partial charge in [-0.25, -0.2) is 9.97 Å². The molecule has 0 spiro atoms. The lowest BCUT2D eigenvalue weighted by Crippen LogP contribution is -2.39. The van der Waals surface area contributed by atoms with Gasteiger partial charge in [-0.15, -0.1) is 11.6 Å². The summed E-state index contributed by atoms with van der Waals surface area (Å²) in [6.07, 6.45) is 3.68. The minimum absolute atomic E-state index is 0.0879. The topological polar surface area (TPSA) is 37.8 Å². The molecule has 0 unspecified atom stereocenters. The van der Waals surface area contributed by atoms with Gasteiger partial charge >= 0.3 is 0 Å². The van der Waals surface area contributed by atoms with Crippen molar-refractivity contribution in [1.29, 1.82) is 0 Å². The first kappa shape index (κ1) is 12.2. The quantitative estimate of drug-likeness (QED) is 0.786. The van der Waals surface area contributed by atoms with E-state index in [0.29, 0.717) is 11.8 Å². The van der Waals surface area contributed by atoms with E-state index in [1.807, 2.05) is 13.0 Å². The summed E-state index contributed by atoms with van der Waals surface area (Å²) in [4.78, 5) is 8.51. The number of halogens is 1. The van der Waals surface area contributed by atoms with Crippen LogP contribution in [0.25, 0.3) is 0 Å². The van der Waals surface area contributed by atoms with Gasteiger partial charge in [-0.2, -0.15) is 0 Å². The molecule has 0 atom stereocenters. The van der Waals surface area contributed by atoms with E-state index in [1.165, 1.54) is 0 Å². The molecular weight excluding hydrogens is 210 g/mol. The summed E-state index contributed by atoms with van der Waals surface area (Å²) < 4.78 is 0. The van der Waals surface area contributed by atoms with Gasteiger partial charge in [-0.3, -0.25) is 0 Å². The Labute approximate surface area is 96.3 Å². The van der Waals surface area contributed by atoms with Crippen LogP contribution in [0, 0.1) is 6.92 Å². The van der Waals surface area contributed by atoms with E-state index in [2.05, 4.69) is 29.1 Å². The van der Waals surface area contributed by atoms with Gasteiger partial charge in [0, 0.05) is 17.8 Å². The Morgan fingerprint density at radius 1 is 1.40 bits per heavy atom. The third-order valence-electron chi connectivity index (χ3n) is 2.78. The van der Waals surface area contributed by atoms with Gasteiger partial charge in [0.05, 0.1) is 5.54 Å². The lowest BCUT2D eigenvalue weighted by Gasteiger charge is -2.30. The predicted molar refractivity (Wildman–Crippen MR) is 64.4 cm³/mol. The number of alkyl halides is 1. The number of rotatable bonds is 5. The Balaban J connectivity index is 2.82. The zero-order valence-electron chi connectivity index (χ0n) is 9.55. The summed E-state index contributed by atoms with van der Waals surface area (Å²) in [5.41, 5.74) is 0.873. The van der Waals surface area contributed by atoms with Crippen molar-refractivity contribution in [3.63, 3.8) is 0 Å². The Hall–Kier alpha value is -0.830. The smallest absolute Gasteiger partial charge is 0.223 e. The number of nitrogens with zero attached hydrogens (tertiary/aromatic N) is 2. The molecule has 1 heterocycles. The fraction of sp³-hybridized carbons (Fsp3) is 0.636. The van der Waals surface area contributed by atoms with E-state index < -0.39 is 0 Å². The number of anilines is 1. The van der Waals surface area contributed by atoms with Crippen molar-refractivity contribution >= 4 is 17.5 Å². The lowest BCUT2D eigenvalue weighted by molar-refractivity contribution is 0.480. The minimum atomic E-state index is -0.0879. The first-order chi connectivity index (χ1) is 7.15. The molecule has 0 bridgehead atoms. The number of aryl methyl sites for hydroxylation is 1. The normalized spacial score (nSPS) is 11.5. The maximum absolute atomic E-state index is 6.00. The predicted octanol–water partition coefficient (Wildman–Crippen LogP) is 2.99. The first-order valence-electron chi connectivity index (χ1n) is 5.29. The third-order valence-corrected chi connectivity index (χ3v) is 3.29. The van der Waals surface area contributed by atoms with Crippen molar-refractivity contribution in [3.05, 3.63) is 18.0 Å². The molecular formula is C11H18ClN3. The van der Waals surface area contributed by atoms with Crippen LogP contribution in [0.4, 0.5) is 5.95 Å². The van der Waals surface area contributed by atoms with Crippen LogP contribution in [0.15, 0.2) is 12.3 Å². The third kappa shape index (κ3) is 3.06. The molecule has 0 fully saturated rings. The van der Waals surface area contributed by atoms with E-state index >= 15 is 0 Å². The van der Waals surface area contributed by atoms with E-state index in [1.54, 1.807) is 6.20 Å². The van der Waals surface area contributed by atoms with Crippen LogP contribution < -0.4 is 5.32 Å². The Morgan fingerprint density at radius 2 is 2.07 bits per heavy atom. The van der Waals surface area contributed by atoms with Gasteiger partial charge in [0.25, 0.3) is 0 Å². The van der Waals surface area contributed by atoms with Gasteiger partial charge in [0.15, 0.2) is 0 Å². The van der Waals surface area contributed by atoms with Crippen molar-refractivity contribution in [3.8, 4) is 0 Å². The molecule has 3 nitrogen and oxygen atoms in total. The highest BCUT2D eigenvalue weighted by atomic mass is 35.5. The summed E-state index contributed by atoms with van der Waals surface area (Å²) in [6, 6.07) is 1.88. The van der Waals surface area contributed by atoms with E-state index in [4.69, 9.17) is 11.6 Å². The number of aromatic nitrogens is 2. The van der Waals surface area contributed by atoms with Crippen molar-refractivity contribution in [1.82, 2.24) is 9.97 Å². The van der Waals surface area contributed by atoms with E-state index in [9.17, 15) is 0 Å². The average Bonchev–Trinajstić information content (AvgIpc) is 2.26. The first-order valence-corrected chi connectivity index (χ1v) is 5.83. The molecule has 0 radical (unpaired) electrons. The molecule has 0 aliphatic heterocycles. The van der Waals surface area contributed by atoms with Crippen LogP contribution in [-0.2, 0) is 0 Å². The fourth-order valence-corrected chi connectivity index (χ4v) is 1.84. The number of hydrogen-bond donors (Lipinski definition) is 1. The average molecular weight is 228 g/mol. The molecule has 1 rings (SSSR count). The molecule has 84 valence electrons. The zero-order valence-corrected chi connectivity index (χ0v) is 10.3. The maximum atomic E-state index is 6.00. The van der Waals surface area contributed by atoms with Crippen LogP contribution >= 0.6 is 11.6 Å². The summed E-state index contributed by atoms with van der Waals surface area (Å²) >= 11 is 6.00. The molecule has 15 heavy (non-hydrogen) atoms. The SMILES string of the molecule is CCC(CC)(CCl)Nc1nccc(C)n1. The summed E-state index contributed by atoms with van der Waals surface area (Å²) in [5.74, 6) is 1.23. The molecule has 0 aliphatic carbocycles. The largest absolute Gasteiger partial charge is 0.348 e. The fourth-order valence-electron chi connectivity index (χ4n) is 1.40. The number of nitrogens with one attached hydrogen (secondary N) is 1. The van der Waals surface area contributed by atoms with E-state index in [-0.39, 0.29) is 5.54 Å². The molecule has 0 aromatic carbocycles. The van der Waals surface area contributed by atoms with Gasteiger partial charge in [-0.1, -0.05) is 13.8 Å². The highest BCUT2D eigenvalue weighted by molar-refractivity contribution is 6.18. The van der Waals surface area contributed by atoms with Crippen molar-refractivity contribution in [2.45, 2.75) is 39.2 Å². The maximum Gasteiger partial charge on any atom is 0.223 e. The molecule has 0 aliphatic rings. The highest BCUT2D eigenvalue weighted by Gasteiger charge is 2.25. The monoisotopic (exact) mass is 227 g/mol. The molecule has 0 saturated carbocycles. The summed E-state index contributed by atoms with van der Waals surface area (Å²) in [7, 11) is 0. The van der Waals surface area contributed by atoms with Gasteiger partial charge in [0.2, 0.25) is 5.95 Å². The zero-order chi connectivity index (χ0) is 11.3. The Kier molecular flexibility index (Phi) is 4.33. The van der Waals surface area contributed by atoms with E-state index in [0.717, 1.165) is 18.5 Å². The van der Waals surface area contributed by atoms with Crippen molar-refractivity contribution in [2.75, 3.05) is 11.2 Å². The van der Waals surface area contributed by atoms with Gasteiger partial charge in [-0.05, 0) is 25.8 Å². The van der Waals surface area contributed by atoms with Crippen molar-refractivity contribution < 1.29 is 0 Å². The van der Waals surface area contributed by atoms with Crippen molar-refractivity contribution in [2.24, 2.45) is 0 Å². The Bertz CT molecular complexity index is 302. The van der Waals surface area contributed by atoms with Crippen LogP contribution in [0.2, 0.25) is 0 Å². The van der Waals surface area contributed by atoms with Gasteiger partial charge < -0.3 is 5.32 Å². The second-order valence-corrected chi connectivity index (χ2v) is 4.03. The molecule has 0 amide bonds. The summed E-state index contributed by atoms with van der Waals surface area (Å²) in [5, 5.41) is 3.33. The van der Waals surface area contributed by atoms with Crippen LogP contribution in [0.5, 0.6) is 0 Å². The Morgan fingerprint density at radius 3 is 2.53 bits per heavy atom. The highest BCUT2D eigenvalue weighted by Crippen LogP contribution is 2.21.